The normalized spacial score (nSPS) is 10.4. The van der Waals surface area contributed by atoms with Crippen LogP contribution in [0.4, 0.5) is 19.3 Å². The summed E-state index contributed by atoms with van der Waals surface area (Å²) in [6, 6.07) is 14.2. The largest absolute Gasteiger partial charge is 0.489 e. The molecule has 0 aliphatic carbocycles. The van der Waals surface area contributed by atoms with Gasteiger partial charge in [-0.05, 0) is 60.5 Å². The monoisotopic (exact) mass is 430 g/mol. The number of benzene rings is 3. The maximum atomic E-state index is 13.6. The minimum atomic E-state index is -1.18. The van der Waals surface area contributed by atoms with Gasteiger partial charge in [-0.25, -0.2) is 13.6 Å². The zero-order chi connectivity index (χ0) is 21.7. The first-order chi connectivity index (χ1) is 14.3. The van der Waals surface area contributed by atoms with Crippen LogP contribution in [0.3, 0.4) is 0 Å². The highest BCUT2D eigenvalue weighted by Crippen LogP contribution is 2.23. The number of carbonyl (C=O) groups is 2. The molecule has 0 saturated carbocycles. The van der Waals surface area contributed by atoms with Gasteiger partial charge in [0.2, 0.25) is 0 Å². The van der Waals surface area contributed by atoms with Crippen molar-refractivity contribution in [2.75, 3.05) is 5.32 Å². The summed E-state index contributed by atoms with van der Waals surface area (Å²) in [5, 5.41) is 4.98. The van der Waals surface area contributed by atoms with Crippen molar-refractivity contribution in [3.8, 4) is 5.75 Å². The van der Waals surface area contributed by atoms with E-state index in [1.54, 1.807) is 37.3 Å². The first-order valence-electron chi connectivity index (χ1n) is 8.87. The number of amides is 3. The summed E-state index contributed by atoms with van der Waals surface area (Å²) < 4.78 is 33.0. The molecule has 0 fully saturated rings. The number of anilines is 1. The molecule has 0 unspecified atom stereocenters. The molecule has 0 aliphatic heterocycles. The van der Waals surface area contributed by atoms with Crippen molar-refractivity contribution in [3.05, 3.63) is 94.0 Å². The molecular formula is C22H17ClF2N2O3. The van der Waals surface area contributed by atoms with Crippen LogP contribution < -0.4 is 15.4 Å². The highest BCUT2D eigenvalue weighted by molar-refractivity contribution is 6.30. The molecule has 0 bridgehead atoms. The summed E-state index contributed by atoms with van der Waals surface area (Å²) in [4.78, 5) is 24.0. The molecule has 154 valence electrons. The topological polar surface area (TPSA) is 67.4 Å². The van der Waals surface area contributed by atoms with E-state index in [4.69, 9.17) is 16.3 Å². The number of ether oxygens (including phenoxy) is 1. The fourth-order valence-corrected chi connectivity index (χ4v) is 2.80. The fraction of sp³-hybridized carbons (Fsp3) is 0.0909. The van der Waals surface area contributed by atoms with Crippen molar-refractivity contribution in [3.63, 3.8) is 0 Å². The number of nitrogens with one attached hydrogen (secondary N) is 2. The Morgan fingerprint density at radius 3 is 2.30 bits per heavy atom. The summed E-state index contributed by atoms with van der Waals surface area (Å²) in [5.41, 5.74) is 1.24. The Bertz CT molecular complexity index is 1070. The van der Waals surface area contributed by atoms with Gasteiger partial charge in [0.05, 0.1) is 0 Å². The summed E-state index contributed by atoms with van der Waals surface area (Å²) in [6.45, 7) is 2.13. The molecule has 2 N–H and O–H groups in total. The summed E-state index contributed by atoms with van der Waals surface area (Å²) in [7, 11) is 0. The molecule has 3 aromatic rings. The molecule has 3 amide bonds. The maximum absolute atomic E-state index is 13.6. The Kier molecular flexibility index (Phi) is 6.64. The van der Waals surface area contributed by atoms with Gasteiger partial charge in [-0.2, -0.15) is 0 Å². The minimum Gasteiger partial charge on any atom is -0.489 e. The third kappa shape index (κ3) is 5.33. The van der Waals surface area contributed by atoms with Crippen molar-refractivity contribution in [2.24, 2.45) is 0 Å². The number of aryl methyl sites for hydroxylation is 1. The molecule has 0 heterocycles. The van der Waals surface area contributed by atoms with E-state index in [0.29, 0.717) is 23.1 Å². The van der Waals surface area contributed by atoms with Crippen LogP contribution in [0.15, 0.2) is 60.7 Å². The van der Waals surface area contributed by atoms with Crippen LogP contribution in [0, 0.1) is 18.6 Å². The lowest BCUT2D eigenvalue weighted by atomic mass is 10.2. The molecule has 5 nitrogen and oxygen atoms in total. The van der Waals surface area contributed by atoms with Gasteiger partial charge < -0.3 is 10.1 Å². The van der Waals surface area contributed by atoms with Crippen LogP contribution in [-0.4, -0.2) is 11.9 Å². The van der Waals surface area contributed by atoms with Crippen molar-refractivity contribution in [1.29, 1.82) is 0 Å². The van der Waals surface area contributed by atoms with Crippen LogP contribution in [0.1, 0.15) is 21.5 Å². The second-order valence-corrected chi connectivity index (χ2v) is 6.84. The molecular weight excluding hydrogens is 414 g/mol. The fourth-order valence-electron chi connectivity index (χ4n) is 2.67. The predicted molar refractivity (Wildman–Crippen MR) is 110 cm³/mol. The van der Waals surface area contributed by atoms with Gasteiger partial charge in [-0.15, -0.1) is 0 Å². The Hall–Kier alpha value is -3.45. The van der Waals surface area contributed by atoms with Crippen LogP contribution >= 0.6 is 11.6 Å². The standard InChI is InChI=1S/C22H17ClF2N2O3/c1-13-11-16(9-10-19(13)30-12-14-5-7-15(23)8-6-14)26-22(29)27-21(28)20-17(24)3-2-4-18(20)25/h2-11H,12H2,1H3,(H2,26,27,28,29). The zero-order valence-corrected chi connectivity index (χ0v) is 16.6. The van der Waals surface area contributed by atoms with Gasteiger partial charge in [0.1, 0.15) is 29.6 Å². The maximum Gasteiger partial charge on any atom is 0.326 e. The first kappa shape index (κ1) is 21.3. The van der Waals surface area contributed by atoms with Crippen molar-refractivity contribution >= 4 is 29.2 Å². The van der Waals surface area contributed by atoms with Crippen molar-refractivity contribution in [1.82, 2.24) is 5.32 Å². The summed E-state index contributed by atoms with van der Waals surface area (Å²) in [6.07, 6.45) is 0. The third-order valence-corrected chi connectivity index (χ3v) is 4.41. The molecule has 0 aliphatic rings. The number of hydrogen-bond donors (Lipinski definition) is 2. The van der Waals surface area contributed by atoms with Gasteiger partial charge in [-0.3, -0.25) is 10.1 Å². The molecule has 8 heteroatoms. The highest BCUT2D eigenvalue weighted by Gasteiger charge is 2.19. The molecule has 0 atom stereocenters. The van der Waals surface area contributed by atoms with Gasteiger partial charge in [0.15, 0.2) is 0 Å². The SMILES string of the molecule is Cc1cc(NC(=O)NC(=O)c2c(F)cccc2F)ccc1OCc1ccc(Cl)cc1. The lowest BCUT2D eigenvalue weighted by Gasteiger charge is -2.12. The lowest BCUT2D eigenvalue weighted by Crippen LogP contribution is -2.35. The molecule has 0 spiro atoms. The quantitative estimate of drug-likeness (QED) is 0.564. The predicted octanol–water partition coefficient (Wildman–Crippen LogP) is 5.47. The Labute approximate surface area is 176 Å². The van der Waals surface area contributed by atoms with E-state index in [1.165, 1.54) is 0 Å². The zero-order valence-electron chi connectivity index (χ0n) is 15.8. The van der Waals surface area contributed by atoms with Crippen molar-refractivity contribution < 1.29 is 23.1 Å². The number of hydrogen-bond acceptors (Lipinski definition) is 3. The second kappa shape index (κ2) is 9.37. The van der Waals surface area contributed by atoms with E-state index in [9.17, 15) is 18.4 Å². The molecule has 0 radical (unpaired) electrons. The Morgan fingerprint density at radius 1 is 1.00 bits per heavy atom. The average molecular weight is 431 g/mol. The Morgan fingerprint density at radius 2 is 1.67 bits per heavy atom. The molecule has 3 rings (SSSR count). The summed E-state index contributed by atoms with van der Waals surface area (Å²) >= 11 is 5.86. The van der Waals surface area contributed by atoms with E-state index in [-0.39, 0.29) is 0 Å². The van der Waals surface area contributed by atoms with E-state index >= 15 is 0 Å². The molecule has 0 saturated heterocycles. The molecule has 3 aromatic carbocycles. The van der Waals surface area contributed by atoms with Crippen LogP contribution in [0.5, 0.6) is 5.75 Å². The Balaban J connectivity index is 1.60. The summed E-state index contributed by atoms with van der Waals surface area (Å²) in [5.74, 6) is -2.68. The number of urea groups is 1. The number of imide groups is 1. The number of halogens is 3. The van der Waals surface area contributed by atoms with Crippen LogP contribution in [-0.2, 0) is 6.61 Å². The number of rotatable bonds is 5. The van der Waals surface area contributed by atoms with Crippen LogP contribution in [0.25, 0.3) is 0 Å². The highest BCUT2D eigenvalue weighted by atomic mass is 35.5. The third-order valence-electron chi connectivity index (χ3n) is 4.16. The molecule has 30 heavy (non-hydrogen) atoms. The van der Waals surface area contributed by atoms with E-state index in [1.807, 2.05) is 17.4 Å². The molecule has 0 aromatic heterocycles. The van der Waals surface area contributed by atoms with E-state index in [2.05, 4.69) is 5.32 Å². The second-order valence-electron chi connectivity index (χ2n) is 6.40. The van der Waals surface area contributed by atoms with E-state index < -0.39 is 29.1 Å². The average Bonchev–Trinajstić information content (AvgIpc) is 2.68. The van der Waals surface area contributed by atoms with E-state index in [0.717, 1.165) is 29.3 Å². The smallest absolute Gasteiger partial charge is 0.326 e. The minimum absolute atomic E-state index is 0.341. The van der Waals surface area contributed by atoms with Gasteiger partial charge in [-0.1, -0.05) is 29.8 Å². The van der Waals surface area contributed by atoms with Crippen molar-refractivity contribution in [2.45, 2.75) is 13.5 Å². The van der Waals surface area contributed by atoms with Crippen LogP contribution in [0.2, 0.25) is 5.02 Å². The first-order valence-corrected chi connectivity index (χ1v) is 9.25. The van der Waals surface area contributed by atoms with Gasteiger partial charge >= 0.3 is 6.03 Å². The van der Waals surface area contributed by atoms with Gasteiger partial charge in [0, 0.05) is 10.7 Å². The lowest BCUT2D eigenvalue weighted by molar-refractivity contribution is 0.0959. The van der Waals surface area contributed by atoms with Gasteiger partial charge in [0.25, 0.3) is 5.91 Å². The number of carbonyl (C=O) groups excluding carboxylic acids is 2.